The third-order valence-corrected chi connectivity index (χ3v) is 4.41. The molecule has 2 heterocycles. The third-order valence-electron chi connectivity index (χ3n) is 4.41. The largest absolute Gasteiger partial charge is 0.340 e. The van der Waals surface area contributed by atoms with Gasteiger partial charge >= 0.3 is 0 Å². The monoisotopic (exact) mass is 300 g/mol. The Balaban J connectivity index is 1.72. The number of rotatable bonds is 3. The summed E-state index contributed by atoms with van der Waals surface area (Å²) in [4.78, 5) is 21.1. The molecule has 3 rings (SSSR count). The lowest BCUT2D eigenvalue weighted by Gasteiger charge is -2.32. The molecule has 0 atom stereocenters. The lowest BCUT2D eigenvalue weighted by molar-refractivity contribution is -0.132. The van der Waals surface area contributed by atoms with Crippen LogP contribution in [0.1, 0.15) is 25.5 Å². The quantitative estimate of drug-likeness (QED) is 0.870. The van der Waals surface area contributed by atoms with Crippen molar-refractivity contribution in [1.29, 1.82) is 0 Å². The Labute approximate surface area is 131 Å². The van der Waals surface area contributed by atoms with E-state index in [1.165, 1.54) is 0 Å². The number of fused-ring (bicyclic) bond motifs is 1. The molecule has 0 saturated carbocycles. The second-order valence-electron chi connectivity index (χ2n) is 6.43. The van der Waals surface area contributed by atoms with E-state index >= 15 is 0 Å². The fourth-order valence-electron chi connectivity index (χ4n) is 2.94. The minimum absolute atomic E-state index is 0.218. The number of nitrogens with zero attached hydrogens (tertiary/aromatic N) is 4. The summed E-state index contributed by atoms with van der Waals surface area (Å²) in [5.41, 5.74) is 3.15. The molecule has 1 saturated heterocycles. The summed E-state index contributed by atoms with van der Waals surface area (Å²) in [6.07, 6.45) is 2.34. The number of hydrogen-bond acceptors (Lipinski definition) is 3. The summed E-state index contributed by atoms with van der Waals surface area (Å²) in [6.45, 7) is 7.88. The first-order chi connectivity index (χ1) is 10.5. The average molecular weight is 300 g/mol. The molecule has 0 bridgehead atoms. The first-order valence-corrected chi connectivity index (χ1v) is 7.96. The highest BCUT2D eigenvalue weighted by molar-refractivity contribution is 5.82. The van der Waals surface area contributed by atoms with Crippen LogP contribution in [0.4, 0.5) is 0 Å². The van der Waals surface area contributed by atoms with Crippen LogP contribution in [0.5, 0.6) is 0 Å². The summed E-state index contributed by atoms with van der Waals surface area (Å²) >= 11 is 0. The van der Waals surface area contributed by atoms with Crippen molar-refractivity contribution < 1.29 is 4.79 Å². The Hall–Kier alpha value is -1.88. The maximum Gasteiger partial charge on any atom is 0.227 e. The molecule has 1 aromatic carbocycles. The molecule has 1 aliphatic rings. The smallest absolute Gasteiger partial charge is 0.227 e. The topological polar surface area (TPSA) is 41.4 Å². The summed E-state index contributed by atoms with van der Waals surface area (Å²) in [6, 6.07) is 6.57. The number of aromatic nitrogens is 2. The fourth-order valence-corrected chi connectivity index (χ4v) is 2.94. The lowest BCUT2D eigenvalue weighted by Crippen LogP contribution is -2.47. The molecule has 0 aliphatic carbocycles. The molecule has 22 heavy (non-hydrogen) atoms. The molecule has 5 nitrogen and oxygen atoms in total. The Kier molecular flexibility index (Phi) is 4.16. The highest BCUT2D eigenvalue weighted by atomic mass is 16.2. The Morgan fingerprint density at radius 2 is 1.95 bits per heavy atom. The number of likely N-dealkylation sites (N-methyl/N-ethyl adjacent to an activating group) is 1. The van der Waals surface area contributed by atoms with Crippen LogP contribution in [0, 0.1) is 0 Å². The van der Waals surface area contributed by atoms with Crippen LogP contribution in [0.3, 0.4) is 0 Å². The lowest BCUT2D eigenvalue weighted by atomic mass is 10.1. The van der Waals surface area contributed by atoms with Crippen LogP contribution >= 0.6 is 0 Å². The van der Waals surface area contributed by atoms with E-state index in [9.17, 15) is 4.79 Å². The van der Waals surface area contributed by atoms with E-state index < -0.39 is 0 Å². The van der Waals surface area contributed by atoms with Crippen molar-refractivity contribution in [2.24, 2.45) is 0 Å². The van der Waals surface area contributed by atoms with Gasteiger partial charge < -0.3 is 14.4 Å². The Bertz CT molecular complexity index is 668. The molecule has 0 unspecified atom stereocenters. The third kappa shape index (κ3) is 2.99. The normalized spacial score (nSPS) is 16.6. The second kappa shape index (κ2) is 6.08. The maximum atomic E-state index is 12.4. The van der Waals surface area contributed by atoms with E-state index in [4.69, 9.17) is 0 Å². The van der Waals surface area contributed by atoms with Crippen molar-refractivity contribution in [2.45, 2.75) is 26.3 Å². The molecule has 0 spiro atoms. The fraction of sp³-hybridized carbons (Fsp3) is 0.529. The van der Waals surface area contributed by atoms with Crippen molar-refractivity contribution in [3.8, 4) is 0 Å². The van der Waals surface area contributed by atoms with Gasteiger partial charge in [0.2, 0.25) is 5.91 Å². The van der Waals surface area contributed by atoms with Crippen LogP contribution in [0.15, 0.2) is 24.5 Å². The molecule has 118 valence electrons. The molecule has 1 aliphatic heterocycles. The van der Waals surface area contributed by atoms with Gasteiger partial charge in [-0.05, 0) is 38.6 Å². The van der Waals surface area contributed by atoms with E-state index in [1.807, 2.05) is 17.3 Å². The van der Waals surface area contributed by atoms with Gasteiger partial charge in [0.25, 0.3) is 0 Å². The van der Waals surface area contributed by atoms with E-state index in [1.54, 1.807) is 0 Å². The minimum Gasteiger partial charge on any atom is -0.340 e. The SMILES string of the molecule is CC(C)n1cnc2cc(CC(=O)N3CCN(C)CC3)ccc21. The molecule has 5 heteroatoms. The number of carbonyl (C=O) groups is 1. The summed E-state index contributed by atoms with van der Waals surface area (Å²) < 4.78 is 2.15. The van der Waals surface area contributed by atoms with Crippen LogP contribution in [-0.4, -0.2) is 58.5 Å². The zero-order valence-electron chi connectivity index (χ0n) is 13.6. The second-order valence-corrected chi connectivity index (χ2v) is 6.43. The van der Waals surface area contributed by atoms with Crippen LogP contribution in [-0.2, 0) is 11.2 Å². The molecule has 1 aromatic heterocycles. The molecule has 0 radical (unpaired) electrons. The van der Waals surface area contributed by atoms with Gasteiger partial charge in [0, 0.05) is 32.2 Å². The predicted molar refractivity (Wildman–Crippen MR) is 87.9 cm³/mol. The van der Waals surface area contributed by atoms with Gasteiger partial charge in [-0.15, -0.1) is 0 Å². The summed E-state index contributed by atoms with van der Waals surface area (Å²) in [7, 11) is 2.10. The van der Waals surface area contributed by atoms with Gasteiger partial charge in [0.05, 0.1) is 23.8 Å². The Morgan fingerprint density at radius 3 is 2.64 bits per heavy atom. The average Bonchev–Trinajstić information content (AvgIpc) is 2.91. The number of carbonyl (C=O) groups excluding carboxylic acids is 1. The van der Waals surface area contributed by atoms with Crippen molar-refractivity contribution in [3.63, 3.8) is 0 Å². The predicted octanol–water partition coefficient (Wildman–Crippen LogP) is 1.93. The van der Waals surface area contributed by atoms with Gasteiger partial charge in [0.15, 0.2) is 0 Å². The van der Waals surface area contributed by atoms with Crippen molar-refractivity contribution in [1.82, 2.24) is 19.4 Å². The van der Waals surface area contributed by atoms with Gasteiger partial charge in [-0.25, -0.2) is 4.98 Å². The Morgan fingerprint density at radius 1 is 1.23 bits per heavy atom. The van der Waals surface area contributed by atoms with Crippen LogP contribution in [0.25, 0.3) is 11.0 Å². The molecule has 0 N–H and O–H groups in total. The molecule has 1 amide bonds. The van der Waals surface area contributed by atoms with Crippen LogP contribution < -0.4 is 0 Å². The zero-order valence-corrected chi connectivity index (χ0v) is 13.6. The standard InChI is InChI=1S/C17H24N4O/c1-13(2)21-12-18-15-10-14(4-5-16(15)21)11-17(22)20-8-6-19(3)7-9-20/h4-5,10,12-13H,6-9,11H2,1-3H3. The summed E-state index contributed by atoms with van der Waals surface area (Å²) in [5, 5.41) is 0. The van der Waals surface area contributed by atoms with Crippen molar-refractivity contribution >= 4 is 16.9 Å². The van der Waals surface area contributed by atoms with Crippen molar-refractivity contribution in [3.05, 3.63) is 30.1 Å². The van der Waals surface area contributed by atoms with E-state index in [-0.39, 0.29) is 5.91 Å². The maximum absolute atomic E-state index is 12.4. The van der Waals surface area contributed by atoms with Crippen molar-refractivity contribution in [2.75, 3.05) is 33.2 Å². The minimum atomic E-state index is 0.218. The number of hydrogen-bond donors (Lipinski definition) is 0. The highest BCUT2D eigenvalue weighted by Crippen LogP contribution is 2.19. The zero-order chi connectivity index (χ0) is 15.7. The number of imidazole rings is 1. The molecule has 2 aromatic rings. The first-order valence-electron chi connectivity index (χ1n) is 7.96. The summed E-state index contributed by atoms with van der Waals surface area (Å²) in [5.74, 6) is 0.218. The van der Waals surface area contributed by atoms with Crippen LogP contribution in [0.2, 0.25) is 0 Å². The molecule has 1 fully saturated rings. The van der Waals surface area contributed by atoms with E-state index in [0.29, 0.717) is 12.5 Å². The number of amides is 1. The van der Waals surface area contributed by atoms with Gasteiger partial charge in [0.1, 0.15) is 0 Å². The number of piperazine rings is 1. The van der Waals surface area contributed by atoms with E-state index in [0.717, 1.165) is 42.8 Å². The van der Waals surface area contributed by atoms with Gasteiger partial charge in [-0.1, -0.05) is 6.07 Å². The number of benzene rings is 1. The van der Waals surface area contributed by atoms with E-state index in [2.05, 4.69) is 47.5 Å². The molecular formula is C17H24N4O. The first kappa shape index (κ1) is 15.0. The van der Waals surface area contributed by atoms with Gasteiger partial charge in [-0.3, -0.25) is 4.79 Å². The van der Waals surface area contributed by atoms with Gasteiger partial charge in [-0.2, -0.15) is 0 Å². The highest BCUT2D eigenvalue weighted by Gasteiger charge is 2.19. The molecular weight excluding hydrogens is 276 g/mol.